The molecule has 0 amide bonds. The molecule has 0 aliphatic heterocycles. The summed E-state index contributed by atoms with van der Waals surface area (Å²) in [5.74, 6) is 0.667. The lowest BCUT2D eigenvalue weighted by Gasteiger charge is -2.10. The van der Waals surface area contributed by atoms with E-state index in [0.29, 0.717) is 23.7 Å². The van der Waals surface area contributed by atoms with Gasteiger partial charge in [-0.05, 0) is 25.1 Å². The van der Waals surface area contributed by atoms with Crippen molar-refractivity contribution in [1.29, 1.82) is 0 Å². The van der Waals surface area contributed by atoms with Crippen LogP contribution in [0, 0.1) is 0 Å². The van der Waals surface area contributed by atoms with Crippen LogP contribution < -0.4 is 9.47 Å². The average molecular weight is 369 g/mol. The van der Waals surface area contributed by atoms with Crippen molar-refractivity contribution in [3.8, 4) is 22.1 Å². The topological polar surface area (TPSA) is 57.7 Å². The number of thiazole rings is 1. The molecule has 0 aliphatic carbocycles. The van der Waals surface area contributed by atoms with Crippen LogP contribution in [0.1, 0.15) is 23.0 Å². The third kappa shape index (κ3) is 4.21. The number of methoxy groups -OCH3 is 1. The molecule has 0 unspecified atom stereocenters. The second-order valence-electron chi connectivity index (χ2n) is 5.38. The first kappa shape index (κ1) is 17.9. The number of carbonyl (C=O) groups is 1. The number of nitrogens with zero attached hydrogens (tertiary/aromatic N) is 1. The standard InChI is InChI=1S/C20H19NO4S/c1-3-24-17-10-9-15(11-18(17)23-2)20(22)25-12-16-13-26-19(21-16)14-7-5-4-6-8-14/h4-11,13H,3,12H2,1-2H3. The van der Waals surface area contributed by atoms with E-state index in [-0.39, 0.29) is 6.61 Å². The molecule has 2 aromatic carbocycles. The smallest absolute Gasteiger partial charge is 0.338 e. The second kappa shape index (κ2) is 8.49. The summed E-state index contributed by atoms with van der Waals surface area (Å²) in [6.45, 7) is 2.53. The van der Waals surface area contributed by atoms with E-state index in [9.17, 15) is 4.79 Å². The third-order valence-corrected chi connectivity index (χ3v) is 4.56. The third-order valence-electron chi connectivity index (χ3n) is 3.62. The van der Waals surface area contributed by atoms with Crippen molar-refractivity contribution in [3.05, 3.63) is 65.2 Å². The highest BCUT2D eigenvalue weighted by Gasteiger charge is 2.13. The van der Waals surface area contributed by atoms with Crippen LogP contribution >= 0.6 is 11.3 Å². The molecule has 0 saturated carbocycles. The SMILES string of the molecule is CCOc1ccc(C(=O)OCc2csc(-c3ccccc3)n2)cc1OC. The summed E-state index contributed by atoms with van der Waals surface area (Å²) in [6, 6.07) is 14.9. The number of carbonyl (C=O) groups excluding carboxylic acids is 1. The molecular weight excluding hydrogens is 350 g/mol. The number of esters is 1. The number of hydrogen-bond acceptors (Lipinski definition) is 6. The zero-order chi connectivity index (χ0) is 18.4. The molecule has 0 spiro atoms. The van der Waals surface area contributed by atoms with Crippen LogP contribution in [0.15, 0.2) is 53.9 Å². The van der Waals surface area contributed by atoms with Crippen LogP contribution in [-0.4, -0.2) is 24.7 Å². The fourth-order valence-corrected chi connectivity index (χ4v) is 3.19. The lowest BCUT2D eigenvalue weighted by atomic mass is 10.2. The van der Waals surface area contributed by atoms with Crippen LogP contribution in [0.3, 0.4) is 0 Å². The summed E-state index contributed by atoms with van der Waals surface area (Å²) in [6.07, 6.45) is 0. The molecule has 1 aromatic heterocycles. The van der Waals surface area contributed by atoms with Crippen molar-refractivity contribution >= 4 is 17.3 Å². The van der Waals surface area contributed by atoms with E-state index in [1.165, 1.54) is 18.4 Å². The van der Waals surface area contributed by atoms with E-state index in [1.807, 2.05) is 42.6 Å². The Kier molecular flexibility index (Phi) is 5.86. The van der Waals surface area contributed by atoms with Crippen LogP contribution in [-0.2, 0) is 11.3 Å². The van der Waals surface area contributed by atoms with Crippen LogP contribution in [0.2, 0.25) is 0 Å². The molecular formula is C20H19NO4S. The molecule has 0 bridgehead atoms. The first-order valence-electron chi connectivity index (χ1n) is 8.19. The lowest BCUT2D eigenvalue weighted by Crippen LogP contribution is -2.06. The Morgan fingerprint density at radius 2 is 1.92 bits per heavy atom. The molecule has 0 aliphatic rings. The van der Waals surface area contributed by atoms with Gasteiger partial charge >= 0.3 is 5.97 Å². The van der Waals surface area contributed by atoms with Gasteiger partial charge in [-0.25, -0.2) is 9.78 Å². The van der Waals surface area contributed by atoms with E-state index >= 15 is 0 Å². The maximum Gasteiger partial charge on any atom is 0.338 e. The van der Waals surface area contributed by atoms with Gasteiger partial charge < -0.3 is 14.2 Å². The normalized spacial score (nSPS) is 10.4. The monoisotopic (exact) mass is 369 g/mol. The summed E-state index contributed by atoms with van der Waals surface area (Å²) >= 11 is 1.52. The van der Waals surface area contributed by atoms with Gasteiger partial charge in [-0.2, -0.15) is 0 Å². The van der Waals surface area contributed by atoms with Crippen molar-refractivity contribution in [1.82, 2.24) is 4.98 Å². The summed E-state index contributed by atoms with van der Waals surface area (Å²) < 4.78 is 16.1. The summed E-state index contributed by atoms with van der Waals surface area (Å²) in [5, 5.41) is 2.80. The summed E-state index contributed by atoms with van der Waals surface area (Å²) in [4.78, 5) is 16.8. The molecule has 6 heteroatoms. The highest BCUT2D eigenvalue weighted by Crippen LogP contribution is 2.28. The average Bonchev–Trinajstić information content (AvgIpc) is 3.16. The minimum atomic E-state index is -0.430. The molecule has 0 fully saturated rings. The van der Waals surface area contributed by atoms with Gasteiger partial charge in [0, 0.05) is 10.9 Å². The number of benzene rings is 2. The predicted octanol–water partition coefficient (Wildman–Crippen LogP) is 4.57. The van der Waals surface area contributed by atoms with E-state index in [1.54, 1.807) is 18.2 Å². The number of aromatic nitrogens is 1. The first-order chi connectivity index (χ1) is 12.7. The van der Waals surface area contributed by atoms with E-state index in [4.69, 9.17) is 14.2 Å². The van der Waals surface area contributed by atoms with Crippen molar-refractivity contribution in [2.24, 2.45) is 0 Å². The van der Waals surface area contributed by atoms with Gasteiger partial charge in [-0.3, -0.25) is 0 Å². The Balaban J connectivity index is 1.65. The van der Waals surface area contributed by atoms with Crippen molar-refractivity contribution in [2.75, 3.05) is 13.7 Å². The van der Waals surface area contributed by atoms with Gasteiger partial charge in [-0.15, -0.1) is 11.3 Å². The summed E-state index contributed by atoms with van der Waals surface area (Å²) in [7, 11) is 1.54. The maximum absolute atomic E-state index is 12.3. The zero-order valence-corrected chi connectivity index (χ0v) is 15.4. The zero-order valence-electron chi connectivity index (χ0n) is 14.6. The van der Waals surface area contributed by atoms with E-state index in [2.05, 4.69) is 4.98 Å². The molecule has 1 heterocycles. The Bertz CT molecular complexity index is 877. The fourth-order valence-electron chi connectivity index (χ4n) is 2.38. The predicted molar refractivity (Wildman–Crippen MR) is 101 cm³/mol. The van der Waals surface area contributed by atoms with Gasteiger partial charge in [0.05, 0.1) is 25.0 Å². The van der Waals surface area contributed by atoms with Crippen LogP contribution in [0.4, 0.5) is 0 Å². The van der Waals surface area contributed by atoms with Gasteiger partial charge in [-0.1, -0.05) is 30.3 Å². The van der Waals surface area contributed by atoms with E-state index in [0.717, 1.165) is 16.3 Å². The number of ether oxygens (including phenoxy) is 3. The molecule has 0 N–H and O–H groups in total. The number of hydrogen-bond donors (Lipinski definition) is 0. The molecule has 0 atom stereocenters. The Labute approximate surface area is 156 Å². The highest BCUT2D eigenvalue weighted by atomic mass is 32.1. The molecule has 3 aromatic rings. The fraction of sp³-hybridized carbons (Fsp3) is 0.200. The molecule has 5 nitrogen and oxygen atoms in total. The van der Waals surface area contributed by atoms with Gasteiger partial charge in [0.15, 0.2) is 11.5 Å². The van der Waals surface area contributed by atoms with Crippen molar-refractivity contribution in [3.63, 3.8) is 0 Å². The highest BCUT2D eigenvalue weighted by molar-refractivity contribution is 7.13. The van der Waals surface area contributed by atoms with Crippen molar-refractivity contribution < 1.29 is 19.0 Å². The largest absolute Gasteiger partial charge is 0.493 e. The first-order valence-corrected chi connectivity index (χ1v) is 9.07. The lowest BCUT2D eigenvalue weighted by molar-refractivity contribution is 0.0468. The summed E-state index contributed by atoms with van der Waals surface area (Å²) in [5.41, 5.74) is 2.18. The Hall–Kier alpha value is -2.86. The van der Waals surface area contributed by atoms with Crippen LogP contribution in [0.25, 0.3) is 10.6 Å². The molecule has 3 rings (SSSR count). The number of rotatable bonds is 7. The second-order valence-corrected chi connectivity index (χ2v) is 6.24. The molecule has 0 saturated heterocycles. The van der Waals surface area contributed by atoms with Gasteiger partial charge in [0.2, 0.25) is 0 Å². The van der Waals surface area contributed by atoms with Gasteiger partial charge in [0.25, 0.3) is 0 Å². The molecule has 0 radical (unpaired) electrons. The van der Waals surface area contributed by atoms with E-state index < -0.39 is 5.97 Å². The van der Waals surface area contributed by atoms with Gasteiger partial charge in [0.1, 0.15) is 11.6 Å². The molecule has 134 valence electrons. The Morgan fingerprint density at radius 1 is 1.12 bits per heavy atom. The minimum absolute atomic E-state index is 0.123. The molecule has 26 heavy (non-hydrogen) atoms. The Morgan fingerprint density at radius 3 is 2.65 bits per heavy atom. The quantitative estimate of drug-likeness (QED) is 0.571. The minimum Gasteiger partial charge on any atom is -0.493 e. The van der Waals surface area contributed by atoms with Crippen LogP contribution in [0.5, 0.6) is 11.5 Å². The van der Waals surface area contributed by atoms with Crippen molar-refractivity contribution in [2.45, 2.75) is 13.5 Å². The maximum atomic E-state index is 12.3.